The average Bonchev–Trinajstić information content (AvgIpc) is 2.09. The quantitative estimate of drug-likeness (QED) is 0.485. The van der Waals surface area contributed by atoms with Crippen molar-refractivity contribution in [2.24, 2.45) is 5.92 Å². The van der Waals surface area contributed by atoms with Crippen molar-refractivity contribution in [1.82, 2.24) is 5.32 Å². The van der Waals surface area contributed by atoms with E-state index in [1.54, 1.807) is 0 Å². The van der Waals surface area contributed by atoms with Gasteiger partial charge >= 0.3 is 5.97 Å². The maximum Gasteiger partial charge on any atom is 0.303 e. The van der Waals surface area contributed by atoms with Crippen LogP contribution in [0.1, 0.15) is 26.2 Å². The number of carboxylic acids is 1. The van der Waals surface area contributed by atoms with Crippen molar-refractivity contribution >= 4 is 5.97 Å². The summed E-state index contributed by atoms with van der Waals surface area (Å²) in [5, 5.41) is 19.9. The van der Waals surface area contributed by atoms with Gasteiger partial charge in [0.15, 0.2) is 0 Å². The first-order chi connectivity index (χ1) is 6.16. The van der Waals surface area contributed by atoms with E-state index in [2.05, 4.69) is 5.32 Å². The van der Waals surface area contributed by atoms with Crippen LogP contribution < -0.4 is 5.32 Å². The number of rotatable bonds is 8. The fraction of sp³-hybridized carbons (Fsp3) is 0.889. The molecule has 0 aliphatic rings. The van der Waals surface area contributed by atoms with Crippen LogP contribution in [0.5, 0.6) is 0 Å². The Bertz CT molecular complexity index is 139. The maximum atomic E-state index is 10.2. The zero-order valence-corrected chi connectivity index (χ0v) is 8.12. The van der Waals surface area contributed by atoms with Gasteiger partial charge in [0.05, 0.1) is 6.61 Å². The highest BCUT2D eigenvalue weighted by Crippen LogP contribution is 2.08. The molecule has 0 radical (unpaired) electrons. The summed E-state index contributed by atoms with van der Waals surface area (Å²) in [6.07, 6.45) is 1.95. The van der Waals surface area contributed by atoms with Crippen molar-refractivity contribution < 1.29 is 15.0 Å². The predicted octanol–water partition coefficient (Wildman–Crippen LogP) is 0.459. The molecule has 0 rings (SSSR count). The van der Waals surface area contributed by atoms with Gasteiger partial charge in [0.25, 0.3) is 0 Å². The summed E-state index contributed by atoms with van der Waals surface area (Å²) in [4.78, 5) is 10.2. The second kappa shape index (κ2) is 8.01. The highest BCUT2D eigenvalue weighted by atomic mass is 16.4. The monoisotopic (exact) mass is 189 g/mol. The molecule has 13 heavy (non-hydrogen) atoms. The van der Waals surface area contributed by atoms with Crippen molar-refractivity contribution in [1.29, 1.82) is 0 Å². The van der Waals surface area contributed by atoms with Gasteiger partial charge in [-0.15, -0.1) is 0 Å². The molecule has 0 aromatic rings. The van der Waals surface area contributed by atoms with E-state index in [1.165, 1.54) is 0 Å². The lowest BCUT2D eigenvalue weighted by atomic mass is 10.0. The minimum Gasteiger partial charge on any atom is -0.481 e. The lowest BCUT2D eigenvalue weighted by Gasteiger charge is -2.09. The van der Waals surface area contributed by atoms with Gasteiger partial charge in [-0.3, -0.25) is 4.79 Å². The van der Waals surface area contributed by atoms with E-state index in [0.717, 1.165) is 19.4 Å². The Morgan fingerprint density at radius 3 is 2.62 bits per heavy atom. The number of nitrogens with one attached hydrogen (secondary N) is 1. The van der Waals surface area contributed by atoms with Crippen molar-refractivity contribution in [2.75, 3.05) is 19.7 Å². The van der Waals surface area contributed by atoms with E-state index >= 15 is 0 Å². The Labute approximate surface area is 79.0 Å². The van der Waals surface area contributed by atoms with Crippen LogP contribution in [0.4, 0.5) is 0 Å². The second-order valence-corrected chi connectivity index (χ2v) is 3.30. The van der Waals surface area contributed by atoms with Crippen LogP contribution in [0.15, 0.2) is 0 Å². The van der Waals surface area contributed by atoms with Crippen molar-refractivity contribution in [3.8, 4) is 0 Å². The van der Waals surface area contributed by atoms with Gasteiger partial charge in [0.2, 0.25) is 0 Å². The third-order valence-corrected chi connectivity index (χ3v) is 1.95. The minimum atomic E-state index is -0.727. The molecule has 0 amide bonds. The molecule has 0 aliphatic carbocycles. The van der Waals surface area contributed by atoms with Gasteiger partial charge < -0.3 is 15.5 Å². The van der Waals surface area contributed by atoms with Gasteiger partial charge in [-0.25, -0.2) is 0 Å². The number of carbonyl (C=O) groups is 1. The SMILES string of the molecule is CC(CCNCCO)CCC(=O)O. The first-order valence-corrected chi connectivity index (χ1v) is 4.70. The third-order valence-electron chi connectivity index (χ3n) is 1.95. The van der Waals surface area contributed by atoms with Crippen LogP contribution in [-0.4, -0.2) is 35.9 Å². The standard InChI is InChI=1S/C9H19NO3/c1-8(2-3-9(12)13)4-5-10-6-7-11/h8,10-11H,2-7H2,1H3,(H,12,13). The molecule has 4 nitrogen and oxygen atoms in total. The van der Waals surface area contributed by atoms with Gasteiger partial charge in [-0.1, -0.05) is 6.92 Å². The molecular weight excluding hydrogens is 170 g/mol. The average molecular weight is 189 g/mol. The van der Waals surface area contributed by atoms with E-state index < -0.39 is 5.97 Å². The molecule has 0 aliphatic heterocycles. The molecule has 1 unspecified atom stereocenters. The van der Waals surface area contributed by atoms with Crippen LogP contribution in [0.25, 0.3) is 0 Å². The summed E-state index contributed by atoms with van der Waals surface area (Å²) in [5.74, 6) is -0.294. The normalized spacial score (nSPS) is 12.8. The second-order valence-electron chi connectivity index (χ2n) is 3.30. The molecule has 1 atom stereocenters. The molecular formula is C9H19NO3. The lowest BCUT2D eigenvalue weighted by Crippen LogP contribution is -2.21. The number of carboxylic acid groups (broad SMARTS) is 1. The highest BCUT2D eigenvalue weighted by molar-refractivity contribution is 5.66. The molecule has 4 heteroatoms. The minimum absolute atomic E-state index is 0.156. The topological polar surface area (TPSA) is 69.6 Å². The molecule has 0 fully saturated rings. The number of hydrogen-bond acceptors (Lipinski definition) is 3. The molecule has 0 saturated heterocycles. The zero-order chi connectivity index (χ0) is 10.1. The number of aliphatic carboxylic acids is 1. The summed E-state index contributed by atoms with van der Waals surface area (Å²) >= 11 is 0. The fourth-order valence-corrected chi connectivity index (χ4v) is 1.07. The molecule has 0 saturated carbocycles. The van der Waals surface area contributed by atoms with E-state index in [1.807, 2.05) is 6.92 Å². The summed E-state index contributed by atoms with van der Waals surface area (Å²) in [6.45, 7) is 3.67. The van der Waals surface area contributed by atoms with E-state index in [-0.39, 0.29) is 13.0 Å². The van der Waals surface area contributed by atoms with Crippen LogP contribution in [0.3, 0.4) is 0 Å². The predicted molar refractivity (Wildman–Crippen MR) is 50.6 cm³/mol. The van der Waals surface area contributed by atoms with E-state index in [0.29, 0.717) is 12.5 Å². The Balaban J connectivity index is 3.19. The molecule has 0 aromatic heterocycles. The number of aliphatic hydroxyl groups excluding tert-OH is 1. The summed E-state index contributed by atoms with van der Waals surface area (Å²) in [5.41, 5.74) is 0. The lowest BCUT2D eigenvalue weighted by molar-refractivity contribution is -0.137. The van der Waals surface area contributed by atoms with Crippen molar-refractivity contribution in [2.45, 2.75) is 26.2 Å². The highest BCUT2D eigenvalue weighted by Gasteiger charge is 2.04. The number of hydrogen-bond donors (Lipinski definition) is 3. The van der Waals surface area contributed by atoms with Gasteiger partial charge in [0.1, 0.15) is 0 Å². The fourth-order valence-electron chi connectivity index (χ4n) is 1.07. The van der Waals surface area contributed by atoms with Gasteiger partial charge in [-0.05, 0) is 25.3 Å². The van der Waals surface area contributed by atoms with E-state index in [9.17, 15) is 4.79 Å². The molecule has 0 bridgehead atoms. The Morgan fingerprint density at radius 1 is 1.38 bits per heavy atom. The van der Waals surface area contributed by atoms with Crippen LogP contribution >= 0.6 is 0 Å². The molecule has 0 spiro atoms. The third kappa shape index (κ3) is 9.30. The van der Waals surface area contributed by atoms with Crippen LogP contribution in [0, 0.1) is 5.92 Å². The summed E-state index contributed by atoms with van der Waals surface area (Å²) < 4.78 is 0. The van der Waals surface area contributed by atoms with Crippen LogP contribution in [-0.2, 0) is 4.79 Å². The smallest absolute Gasteiger partial charge is 0.303 e. The zero-order valence-electron chi connectivity index (χ0n) is 8.12. The molecule has 0 aromatic carbocycles. The van der Waals surface area contributed by atoms with Gasteiger partial charge in [0, 0.05) is 13.0 Å². The Morgan fingerprint density at radius 2 is 2.08 bits per heavy atom. The Kier molecular flexibility index (Phi) is 7.63. The Hall–Kier alpha value is -0.610. The largest absolute Gasteiger partial charge is 0.481 e. The van der Waals surface area contributed by atoms with Crippen molar-refractivity contribution in [3.63, 3.8) is 0 Å². The maximum absolute atomic E-state index is 10.2. The van der Waals surface area contributed by atoms with Crippen molar-refractivity contribution in [3.05, 3.63) is 0 Å². The van der Waals surface area contributed by atoms with Crippen LogP contribution in [0.2, 0.25) is 0 Å². The summed E-state index contributed by atoms with van der Waals surface area (Å²) in [6, 6.07) is 0. The van der Waals surface area contributed by atoms with Gasteiger partial charge in [-0.2, -0.15) is 0 Å². The first-order valence-electron chi connectivity index (χ1n) is 4.70. The molecule has 78 valence electrons. The van der Waals surface area contributed by atoms with E-state index in [4.69, 9.17) is 10.2 Å². The molecule has 0 heterocycles. The summed E-state index contributed by atoms with van der Waals surface area (Å²) in [7, 11) is 0. The number of aliphatic hydroxyl groups is 1. The molecule has 3 N–H and O–H groups in total. The first kappa shape index (κ1) is 12.4.